The molecule has 5 heteroatoms. The van der Waals surface area contributed by atoms with Crippen LogP contribution < -0.4 is 9.47 Å². The maximum absolute atomic E-state index is 12.3. The molecule has 4 aromatic rings. The van der Waals surface area contributed by atoms with Gasteiger partial charge in [-0.25, -0.2) is 0 Å². The number of ether oxygens (including phenoxy) is 2. The molecule has 0 spiro atoms. The number of fused-ring (bicyclic) bond motifs is 1. The van der Waals surface area contributed by atoms with Gasteiger partial charge in [0.1, 0.15) is 29.6 Å². The average molecular weight is 463 g/mol. The molecule has 0 unspecified atom stereocenters. The second kappa shape index (κ2) is 9.01. The third-order valence-corrected chi connectivity index (χ3v) is 5.08. The number of benzene rings is 3. The van der Waals surface area contributed by atoms with Crippen LogP contribution in [0.2, 0.25) is 0 Å². The molecule has 4 rings (SSSR count). The van der Waals surface area contributed by atoms with Gasteiger partial charge < -0.3 is 13.9 Å². The monoisotopic (exact) mass is 462 g/mol. The zero-order chi connectivity index (χ0) is 20.9. The number of carbonyl (C=O) groups is 1. The van der Waals surface area contributed by atoms with Crippen molar-refractivity contribution in [3.05, 3.63) is 100 Å². The van der Waals surface area contributed by atoms with Gasteiger partial charge in [-0.3, -0.25) is 4.79 Å². The predicted molar refractivity (Wildman–Crippen MR) is 121 cm³/mol. The highest BCUT2D eigenvalue weighted by atomic mass is 79.9. The highest BCUT2D eigenvalue weighted by Gasteiger charge is 2.06. The summed E-state index contributed by atoms with van der Waals surface area (Å²) in [7, 11) is 1.57. The predicted octanol–water partition coefficient (Wildman–Crippen LogP) is 6.68. The highest BCUT2D eigenvalue weighted by molar-refractivity contribution is 9.10. The quantitative estimate of drug-likeness (QED) is 0.227. The number of rotatable bonds is 7. The molecular formula is C25H19BrO4. The number of carbonyl (C=O) groups excluding carboxylic acids is 1. The maximum atomic E-state index is 12.3. The summed E-state index contributed by atoms with van der Waals surface area (Å²) in [5.74, 6) is 2.57. The molecule has 0 aliphatic rings. The lowest BCUT2D eigenvalue weighted by molar-refractivity contribution is 0.104. The van der Waals surface area contributed by atoms with Gasteiger partial charge in [0.05, 0.1) is 7.11 Å². The lowest BCUT2D eigenvalue weighted by Gasteiger charge is -2.06. The van der Waals surface area contributed by atoms with Crippen molar-refractivity contribution in [2.75, 3.05) is 7.11 Å². The molecule has 0 atom stereocenters. The molecule has 0 N–H and O–H groups in total. The molecular weight excluding hydrogens is 444 g/mol. The van der Waals surface area contributed by atoms with Crippen molar-refractivity contribution in [3.63, 3.8) is 0 Å². The molecule has 0 fully saturated rings. The van der Waals surface area contributed by atoms with Crippen molar-refractivity contribution >= 4 is 38.6 Å². The lowest BCUT2D eigenvalue weighted by atomic mass is 10.1. The SMILES string of the molecule is COc1cccc(C(=O)/C=C/c2ccc(COc3ccc4cc(Br)ccc4c3)o2)c1. The Balaban J connectivity index is 1.38. The van der Waals surface area contributed by atoms with Crippen LogP contribution >= 0.6 is 15.9 Å². The Bertz CT molecular complexity index is 1220. The number of halogens is 1. The van der Waals surface area contributed by atoms with Crippen LogP contribution in [0, 0.1) is 0 Å². The van der Waals surface area contributed by atoms with Crippen molar-refractivity contribution in [3.8, 4) is 11.5 Å². The van der Waals surface area contributed by atoms with E-state index in [0.29, 0.717) is 29.4 Å². The summed E-state index contributed by atoms with van der Waals surface area (Å²) < 4.78 is 17.8. The van der Waals surface area contributed by atoms with Gasteiger partial charge in [-0.2, -0.15) is 0 Å². The largest absolute Gasteiger partial charge is 0.497 e. The van der Waals surface area contributed by atoms with Crippen LogP contribution in [0.4, 0.5) is 0 Å². The van der Waals surface area contributed by atoms with E-state index in [9.17, 15) is 4.79 Å². The van der Waals surface area contributed by atoms with Crippen LogP contribution in [0.1, 0.15) is 21.9 Å². The van der Waals surface area contributed by atoms with Gasteiger partial charge in [-0.15, -0.1) is 0 Å². The van der Waals surface area contributed by atoms with Gasteiger partial charge in [0, 0.05) is 10.0 Å². The zero-order valence-corrected chi connectivity index (χ0v) is 17.9. The maximum Gasteiger partial charge on any atom is 0.186 e. The fourth-order valence-corrected chi connectivity index (χ4v) is 3.41. The molecule has 3 aromatic carbocycles. The first-order valence-electron chi connectivity index (χ1n) is 9.38. The molecule has 1 heterocycles. The Labute approximate surface area is 182 Å². The van der Waals surface area contributed by atoms with Crippen molar-refractivity contribution in [2.45, 2.75) is 6.61 Å². The lowest BCUT2D eigenvalue weighted by Crippen LogP contribution is -1.94. The molecule has 4 nitrogen and oxygen atoms in total. The summed E-state index contributed by atoms with van der Waals surface area (Å²) >= 11 is 3.48. The number of hydrogen-bond donors (Lipinski definition) is 0. The first kappa shape index (κ1) is 20.0. The van der Waals surface area contributed by atoms with Crippen molar-refractivity contribution in [1.29, 1.82) is 0 Å². The molecule has 0 bridgehead atoms. The summed E-state index contributed by atoms with van der Waals surface area (Å²) in [4.78, 5) is 12.3. The van der Waals surface area contributed by atoms with Crippen molar-refractivity contribution < 1.29 is 18.7 Å². The van der Waals surface area contributed by atoms with Gasteiger partial charge in [-0.05, 0) is 71.5 Å². The fourth-order valence-electron chi connectivity index (χ4n) is 3.03. The fraction of sp³-hybridized carbons (Fsp3) is 0.0800. The Morgan fingerprint density at radius 1 is 0.967 bits per heavy atom. The molecule has 0 amide bonds. The molecule has 30 heavy (non-hydrogen) atoms. The summed E-state index contributed by atoms with van der Waals surface area (Å²) in [6.07, 6.45) is 3.14. The number of allylic oxidation sites excluding steroid dienone is 1. The van der Waals surface area contributed by atoms with Gasteiger partial charge in [0.2, 0.25) is 0 Å². The smallest absolute Gasteiger partial charge is 0.186 e. The molecule has 0 aliphatic heterocycles. The molecule has 0 aliphatic carbocycles. The third-order valence-electron chi connectivity index (χ3n) is 4.59. The summed E-state index contributed by atoms with van der Waals surface area (Å²) in [6, 6.07) is 22.8. The Hall–Kier alpha value is -3.31. The van der Waals surface area contributed by atoms with Crippen LogP contribution in [0.25, 0.3) is 16.8 Å². The van der Waals surface area contributed by atoms with Gasteiger partial charge in [-0.1, -0.05) is 40.2 Å². The number of hydrogen-bond acceptors (Lipinski definition) is 4. The minimum atomic E-state index is -0.120. The Morgan fingerprint density at radius 3 is 2.67 bits per heavy atom. The van der Waals surface area contributed by atoms with E-state index in [2.05, 4.69) is 22.0 Å². The van der Waals surface area contributed by atoms with Crippen LogP contribution in [0.5, 0.6) is 11.5 Å². The van der Waals surface area contributed by atoms with Gasteiger partial charge in [0.25, 0.3) is 0 Å². The van der Waals surface area contributed by atoms with E-state index in [1.165, 1.54) is 6.08 Å². The first-order chi connectivity index (χ1) is 14.6. The van der Waals surface area contributed by atoms with E-state index >= 15 is 0 Å². The number of ketones is 1. The topological polar surface area (TPSA) is 48.7 Å². The molecule has 0 saturated heterocycles. The van der Waals surface area contributed by atoms with Crippen molar-refractivity contribution in [2.24, 2.45) is 0 Å². The summed E-state index contributed by atoms with van der Waals surface area (Å²) in [6.45, 7) is 0.305. The highest BCUT2D eigenvalue weighted by Crippen LogP contribution is 2.25. The molecule has 1 aromatic heterocycles. The Kier molecular flexibility index (Phi) is 6.00. The zero-order valence-electron chi connectivity index (χ0n) is 16.3. The first-order valence-corrected chi connectivity index (χ1v) is 10.2. The number of furan rings is 1. The van der Waals surface area contributed by atoms with Crippen molar-refractivity contribution in [1.82, 2.24) is 0 Å². The molecule has 150 valence electrons. The second-order valence-electron chi connectivity index (χ2n) is 6.68. The average Bonchev–Trinajstić information content (AvgIpc) is 3.24. The summed E-state index contributed by atoms with van der Waals surface area (Å²) in [5, 5.41) is 2.25. The number of methoxy groups -OCH3 is 1. The van der Waals surface area contributed by atoms with E-state index < -0.39 is 0 Å². The van der Waals surface area contributed by atoms with E-state index in [-0.39, 0.29) is 5.78 Å². The Morgan fingerprint density at radius 2 is 1.80 bits per heavy atom. The summed E-state index contributed by atoms with van der Waals surface area (Å²) in [5.41, 5.74) is 0.559. The van der Waals surface area contributed by atoms with E-state index in [1.54, 1.807) is 37.5 Å². The third kappa shape index (κ3) is 4.81. The van der Waals surface area contributed by atoms with Crippen LogP contribution in [0.15, 0.2) is 87.8 Å². The second-order valence-corrected chi connectivity index (χ2v) is 7.59. The molecule has 0 radical (unpaired) electrons. The standard InChI is InChI=1S/C25H19BrO4/c1-28-22-4-2-3-19(15-22)25(27)12-11-21-9-10-24(30-21)16-29-23-8-6-17-13-20(26)7-5-18(17)14-23/h2-15H,16H2,1H3/b12-11+. The minimum Gasteiger partial charge on any atom is -0.497 e. The van der Waals surface area contributed by atoms with Crippen LogP contribution in [-0.4, -0.2) is 12.9 Å². The van der Waals surface area contributed by atoms with Crippen LogP contribution in [-0.2, 0) is 6.61 Å². The minimum absolute atomic E-state index is 0.120. The van der Waals surface area contributed by atoms with Crippen LogP contribution in [0.3, 0.4) is 0 Å². The van der Waals surface area contributed by atoms with Gasteiger partial charge >= 0.3 is 0 Å². The normalized spacial score (nSPS) is 11.1. The van der Waals surface area contributed by atoms with E-state index in [4.69, 9.17) is 13.9 Å². The van der Waals surface area contributed by atoms with E-state index in [1.807, 2.05) is 42.5 Å². The molecule has 0 saturated carbocycles. The van der Waals surface area contributed by atoms with E-state index in [0.717, 1.165) is 21.0 Å². The van der Waals surface area contributed by atoms with Gasteiger partial charge in [0.15, 0.2) is 5.78 Å².